The maximum absolute atomic E-state index is 5.90. The average Bonchev–Trinajstić information content (AvgIpc) is 2.25. The van der Waals surface area contributed by atoms with Gasteiger partial charge in [-0.2, -0.15) is 0 Å². The first-order valence-corrected chi connectivity index (χ1v) is 6.09. The van der Waals surface area contributed by atoms with Crippen molar-refractivity contribution < 1.29 is 0 Å². The zero-order chi connectivity index (χ0) is 11.6. The zero-order valence-electron chi connectivity index (χ0n) is 10.5. The lowest BCUT2D eigenvalue weighted by Gasteiger charge is -2.33. The van der Waals surface area contributed by atoms with Crippen LogP contribution in [0.5, 0.6) is 0 Å². The van der Waals surface area contributed by atoms with Crippen LogP contribution in [0.4, 0.5) is 0 Å². The van der Waals surface area contributed by atoms with Gasteiger partial charge in [0.25, 0.3) is 0 Å². The van der Waals surface area contributed by atoms with E-state index in [1.807, 2.05) is 6.92 Å². The average molecular weight is 210 g/mol. The highest BCUT2D eigenvalue weighted by Gasteiger charge is 2.25. The van der Waals surface area contributed by atoms with Gasteiger partial charge in [0.2, 0.25) is 0 Å². The number of rotatable bonds is 8. The second-order valence-corrected chi connectivity index (χ2v) is 4.09. The molecule has 0 atom stereocenters. The monoisotopic (exact) mass is 210 g/mol. The van der Waals surface area contributed by atoms with Crippen molar-refractivity contribution in [1.29, 1.82) is 0 Å². The van der Waals surface area contributed by atoms with Gasteiger partial charge in [0.1, 0.15) is 0 Å². The molecule has 0 aromatic heterocycles. The molecule has 0 bridgehead atoms. The van der Waals surface area contributed by atoms with Gasteiger partial charge in [-0.15, -0.1) is 11.8 Å². The van der Waals surface area contributed by atoms with E-state index in [0.717, 1.165) is 32.4 Å². The van der Waals surface area contributed by atoms with Crippen molar-refractivity contribution in [2.45, 2.75) is 58.4 Å². The van der Waals surface area contributed by atoms with Crippen LogP contribution in [0.2, 0.25) is 0 Å². The Morgan fingerprint density at radius 3 is 2.20 bits per heavy atom. The Hall–Kier alpha value is -0.520. The molecule has 2 nitrogen and oxygen atoms in total. The highest BCUT2D eigenvalue weighted by molar-refractivity contribution is 4.97. The standard InChI is InChI=1S/C13H26N2/c1-4-7-8-11-15-13(12-14,9-5-2)10-6-3/h15H,5-6,8-12,14H2,1-3H3. The predicted molar refractivity (Wildman–Crippen MR) is 67.7 cm³/mol. The molecule has 0 rings (SSSR count). The van der Waals surface area contributed by atoms with Crippen LogP contribution in [-0.2, 0) is 0 Å². The third-order valence-corrected chi connectivity index (χ3v) is 2.77. The van der Waals surface area contributed by atoms with Crippen LogP contribution in [-0.4, -0.2) is 18.6 Å². The molecular weight excluding hydrogens is 184 g/mol. The Morgan fingerprint density at radius 1 is 1.20 bits per heavy atom. The van der Waals surface area contributed by atoms with E-state index in [2.05, 4.69) is 31.0 Å². The minimum Gasteiger partial charge on any atom is -0.329 e. The van der Waals surface area contributed by atoms with Crippen LogP contribution in [0.25, 0.3) is 0 Å². The Balaban J connectivity index is 4.11. The summed E-state index contributed by atoms with van der Waals surface area (Å²) >= 11 is 0. The summed E-state index contributed by atoms with van der Waals surface area (Å²) in [5, 5.41) is 3.59. The van der Waals surface area contributed by atoms with Crippen LogP contribution in [0.3, 0.4) is 0 Å². The van der Waals surface area contributed by atoms with E-state index >= 15 is 0 Å². The van der Waals surface area contributed by atoms with Crippen LogP contribution < -0.4 is 11.1 Å². The minimum absolute atomic E-state index is 0.152. The fourth-order valence-electron chi connectivity index (χ4n) is 2.05. The van der Waals surface area contributed by atoms with E-state index in [-0.39, 0.29) is 5.54 Å². The first kappa shape index (κ1) is 14.5. The minimum atomic E-state index is 0.152. The number of hydrogen-bond donors (Lipinski definition) is 2. The van der Waals surface area contributed by atoms with E-state index in [0.29, 0.717) is 0 Å². The van der Waals surface area contributed by atoms with Crippen molar-refractivity contribution in [1.82, 2.24) is 5.32 Å². The molecule has 2 heteroatoms. The molecule has 0 spiro atoms. The zero-order valence-corrected chi connectivity index (χ0v) is 10.5. The SMILES string of the molecule is CC#CCCNC(CN)(CCC)CCC. The number of hydrogen-bond acceptors (Lipinski definition) is 2. The summed E-state index contributed by atoms with van der Waals surface area (Å²) in [5.74, 6) is 5.99. The summed E-state index contributed by atoms with van der Waals surface area (Å²) in [5.41, 5.74) is 6.05. The molecule has 0 saturated heterocycles. The highest BCUT2D eigenvalue weighted by Crippen LogP contribution is 2.18. The molecule has 0 unspecified atom stereocenters. The largest absolute Gasteiger partial charge is 0.329 e. The lowest BCUT2D eigenvalue weighted by Crippen LogP contribution is -2.51. The van der Waals surface area contributed by atoms with Gasteiger partial charge in [0, 0.05) is 25.0 Å². The molecule has 0 aromatic rings. The van der Waals surface area contributed by atoms with Gasteiger partial charge >= 0.3 is 0 Å². The Kier molecular flexibility index (Phi) is 8.46. The van der Waals surface area contributed by atoms with Crippen molar-refractivity contribution in [2.75, 3.05) is 13.1 Å². The third-order valence-electron chi connectivity index (χ3n) is 2.77. The normalized spacial score (nSPS) is 10.9. The molecule has 0 aliphatic heterocycles. The van der Waals surface area contributed by atoms with E-state index in [1.54, 1.807) is 0 Å². The lowest BCUT2D eigenvalue weighted by atomic mass is 9.88. The molecule has 3 N–H and O–H groups in total. The maximum Gasteiger partial charge on any atom is 0.0304 e. The van der Waals surface area contributed by atoms with E-state index in [9.17, 15) is 0 Å². The third kappa shape index (κ3) is 5.81. The van der Waals surface area contributed by atoms with Gasteiger partial charge < -0.3 is 11.1 Å². The Labute approximate surface area is 95.0 Å². The van der Waals surface area contributed by atoms with Gasteiger partial charge in [-0.1, -0.05) is 26.7 Å². The van der Waals surface area contributed by atoms with Crippen LogP contribution >= 0.6 is 0 Å². The van der Waals surface area contributed by atoms with Crippen molar-refractivity contribution in [3.8, 4) is 11.8 Å². The van der Waals surface area contributed by atoms with E-state index in [4.69, 9.17) is 5.73 Å². The van der Waals surface area contributed by atoms with Gasteiger partial charge in [-0.3, -0.25) is 0 Å². The second kappa shape index (κ2) is 8.76. The lowest BCUT2D eigenvalue weighted by molar-refractivity contribution is 0.286. The molecular formula is C13H26N2. The predicted octanol–water partition coefficient (Wildman–Crippen LogP) is 2.29. The quantitative estimate of drug-likeness (QED) is 0.476. The van der Waals surface area contributed by atoms with Crippen molar-refractivity contribution in [3.63, 3.8) is 0 Å². The molecule has 0 saturated carbocycles. The van der Waals surface area contributed by atoms with Gasteiger partial charge in [0.05, 0.1) is 0 Å². The first-order valence-electron chi connectivity index (χ1n) is 6.09. The first-order chi connectivity index (χ1) is 7.24. The van der Waals surface area contributed by atoms with Gasteiger partial charge in [0.15, 0.2) is 0 Å². The highest BCUT2D eigenvalue weighted by atomic mass is 15.0. The fourth-order valence-corrected chi connectivity index (χ4v) is 2.05. The summed E-state index contributed by atoms with van der Waals surface area (Å²) in [4.78, 5) is 0. The Bertz CT molecular complexity index is 194. The Morgan fingerprint density at radius 2 is 1.80 bits per heavy atom. The molecule has 15 heavy (non-hydrogen) atoms. The maximum atomic E-state index is 5.90. The van der Waals surface area contributed by atoms with Crippen molar-refractivity contribution >= 4 is 0 Å². The van der Waals surface area contributed by atoms with Crippen molar-refractivity contribution in [3.05, 3.63) is 0 Å². The molecule has 0 heterocycles. The summed E-state index contributed by atoms with van der Waals surface area (Å²) < 4.78 is 0. The van der Waals surface area contributed by atoms with E-state index in [1.165, 1.54) is 12.8 Å². The summed E-state index contributed by atoms with van der Waals surface area (Å²) in [6.07, 6.45) is 5.62. The molecule has 0 radical (unpaired) electrons. The topological polar surface area (TPSA) is 38.0 Å². The molecule has 0 fully saturated rings. The number of nitrogens with one attached hydrogen (secondary N) is 1. The fraction of sp³-hybridized carbons (Fsp3) is 0.846. The second-order valence-electron chi connectivity index (χ2n) is 4.09. The van der Waals surface area contributed by atoms with Crippen LogP contribution in [0, 0.1) is 11.8 Å². The smallest absolute Gasteiger partial charge is 0.0304 e. The van der Waals surface area contributed by atoms with Crippen molar-refractivity contribution in [2.24, 2.45) is 5.73 Å². The molecule has 0 aliphatic rings. The van der Waals surface area contributed by atoms with Gasteiger partial charge in [-0.05, 0) is 19.8 Å². The van der Waals surface area contributed by atoms with Crippen LogP contribution in [0.15, 0.2) is 0 Å². The molecule has 0 aliphatic carbocycles. The molecule has 0 amide bonds. The van der Waals surface area contributed by atoms with E-state index < -0.39 is 0 Å². The molecule has 88 valence electrons. The summed E-state index contributed by atoms with van der Waals surface area (Å²) in [6, 6.07) is 0. The summed E-state index contributed by atoms with van der Waals surface area (Å²) in [7, 11) is 0. The molecule has 0 aromatic carbocycles. The summed E-state index contributed by atoms with van der Waals surface area (Å²) in [6.45, 7) is 8.00. The number of nitrogens with two attached hydrogens (primary N) is 1. The van der Waals surface area contributed by atoms with Gasteiger partial charge in [-0.25, -0.2) is 0 Å². The van der Waals surface area contributed by atoms with Crippen LogP contribution in [0.1, 0.15) is 52.9 Å².